The van der Waals surface area contributed by atoms with Crippen LogP contribution in [0.15, 0.2) is 0 Å². The third-order valence-electron chi connectivity index (χ3n) is 5.17. The van der Waals surface area contributed by atoms with Gasteiger partial charge in [0.15, 0.2) is 0 Å². The van der Waals surface area contributed by atoms with Gasteiger partial charge in [0.05, 0.1) is 0 Å². The molecule has 0 atom stereocenters. The van der Waals surface area contributed by atoms with Crippen LogP contribution in [0.1, 0.15) is 61.3 Å². The second kappa shape index (κ2) is 10.9. The molecule has 0 bridgehead atoms. The van der Waals surface area contributed by atoms with Crippen LogP contribution in [0.3, 0.4) is 0 Å². The highest BCUT2D eigenvalue weighted by Crippen LogP contribution is 2.29. The molecule has 5 heteroatoms. The molecule has 0 aliphatic carbocycles. The van der Waals surface area contributed by atoms with Crippen molar-refractivity contribution in [1.82, 2.24) is 14.2 Å². The molecular weight excluding hydrogens is 290 g/mol. The number of rotatable bonds is 13. The summed E-state index contributed by atoms with van der Waals surface area (Å²) in [7, 11) is -3.08. The normalized spacial score (nSPS) is 13.1. The zero-order valence-corrected chi connectivity index (χ0v) is 17.8. The molecule has 0 unspecified atom stereocenters. The van der Waals surface area contributed by atoms with E-state index in [0.29, 0.717) is 0 Å². The zero-order chi connectivity index (χ0) is 16.4. The van der Waals surface area contributed by atoms with E-state index in [2.05, 4.69) is 62.7 Å². The fraction of sp³-hybridized carbons (Fsp3) is 1.00. The first-order valence-corrected chi connectivity index (χ1v) is 14.1. The van der Waals surface area contributed by atoms with Gasteiger partial charge in [0.2, 0.25) is 0 Å². The summed E-state index contributed by atoms with van der Waals surface area (Å²) in [5.41, 5.74) is 0. The molecule has 21 heavy (non-hydrogen) atoms. The molecule has 3 nitrogen and oxygen atoms in total. The first-order valence-electron chi connectivity index (χ1n) is 9.33. The molecule has 0 fully saturated rings. The molecule has 2 N–H and O–H groups in total. The number of nitrogens with zero attached hydrogens (tertiary/aromatic N) is 1. The van der Waals surface area contributed by atoms with Gasteiger partial charge in [-0.1, -0.05) is 48.5 Å². The van der Waals surface area contributed by atoms with Crippen LogP contribution in [0.25, 0.3) is 0 Å². The van der Waals surface area contributed by atoms with E-state index in [-0.39, 0.29) is 0 Å². The summed E-state index contributed by atoms with van der Waals surface area (Å²) in [5.74, 6) is 0. The van der Waals surface area contributed by atoms with E-state index in [9.17, 15) is 0 Å². The van der Waals surface area contributed by atoms with Crippen LogP contribution < -0.4 is 9.96 Å². The minimum Gasteiger partial charge on any atom is -0.321 e. The minimum absolute atomic E-state index is 1.15. The number of hydrogen-bond acceptors (Lipinski definition) is 3. The fourth-order valence-corrected chi connectivity index (χ4v) is 15.9. The van der Waals surface area contributed by atoms with Gasteiger partial charge < -0.3 is 14.2 Å². The maximum atomic E-state index is 4.02. The minimum atomic E-state index is -1.74. The number of hydrogen-bond donors (Lipinski definition) is 2. The summed E-state index contributed by atoms with van der Waals surface area (Å²) in [4.78, 5) is 8.03. The second-order valence-corrected chi connectivity index (χ2v) is 15.3. The molecule has 0 rings (SSSR count). The topological polar surface area (TPSA) is 27.3 Å². The van der Waals surface area contributed by atoms with Crippen LogP contribution in [0.2, 0.25) is 24.2 Å². The van der Waals surface area contributed by atoms with E-state index in [1.807, 2.05) is 0 Å². The summed E-state index contributed by atoms with van der Waals surface area (Å²) in [6.07, 6.45) is 2.44. The van der Waals surface area contributed by atoms with Crippen LogP contribution in [0.5, 0.6) is 0 Å². The molecule has 0 spiro atoms. The van der Waals surface area contributed by atoms with E-state index in [1.54, 1.807) is 0 Å². The van der Waals surface area contributed by atoms with Gasteiger partial charge in [-0.2, -0.15) is 0 Å². The lowest BCUT2D eigenvalue weighted by Gasteiger charge is -2.52. The van der Waals surface area contributed by atoms with Crippen LogP contribution >= 0.6 is 0 Å². The highest BCUT2D eigenvalue weighted by molar-refractivity contribution is 6.90. The average Bonchev–Trinajstić information content (AvgIpc) is 2.54. The van der Waals surface area contributed by atoms with E-state index < -0.39 is 16.8 Å². The van der Waals surface area contributed by atoms with Gasteiger partial charge in [0.25, 0.3) is 8.56 Å². The smallest absolute Gasteiger partial charge is 0.277 e. The van der Waals surface area contributed by atoms with Crippen LogP contribution in [0, 0.1) is 0 Å². The van der Waals surface area contributed by atoms with Crippen molar-refractivity contribution in [3.05, 3.63) is 0 Å². The molecule has 0 aromatic carbocycles. The van der Waals surface area contributed by atoms with Crippen molar-refractivity contribution in [2.75, 3.05) is 19.6 Å². The molecule has 128 valence electrons. The quantitative estimate of drug-likeness (QED) is 0.493. The Balaban J connectivity index is 5.56. The Morgan fingerprint density at radius 1 is 0.667 bits per heavy atom. The predicted octanol–water partition coefficient (Wildman–Crippen LogP) is 4.27. The lowest BCUT2D eigenvalue weighted by Crippen LogP contribution is -2.79. The molecule has 0 radical (unpaired) electrons. The fourth-order valence-electron chi connectivity index (χ4n) is 3.69. The van der Waals surface area contributed by atoms with Crippen LogP contribution in [0.4, 0.5) is 0 Å². The van der Waals surface area contributed by atoms with Crippen molar-refractivity contribution in [2.24, 2.45) is 0 Å². The van der Waals surface area contributed by atoms with Crippen LogP contribution in [-0.4, -0.2) is 40.7 Å². The standard InChI is InChI=1S/C16H41N3Si2/c1-8-15-17-21(14-7,18-16-9-2)19(10-3)20(11-4,12-5)13-6/h17-18H,8-16H2,1-7H3. The molecule has 0 aliphatic rings. The largest absolute Gasteiger partial charge is 0.321 e. The Kier molecular flexibility index (Phi) is 11.1. The van der Waals surface area contributed by atoms with Crippen molar-refractivity contribution in [3.63, 3.8) is 0 Å². The van der Waals surface area contributed by atoms with Crippen LogP contribution in [-0.2, 0) is 0 Å². The Morgan fingerprint density at radius 3 is 1.33 bits per heavy atom. The van der Waals surface area contributed by atoms with E-state index in [0.717, 1.165) is 13.1 Å². The summed E-state index contributed by atoms with van der Waals surface area (Å²) in [6.45, 7) is 20.1. The van der Waals surface area contributed by atoms with E-state index >= 15 is 0 Å². The highest BCUT2D eigenvalue weighted by atomic mass is 28.4. The third kappa shape index (κ3) is 5.17. The summed E-state index contributed by atoms with van der Waals surface area (Å²) in [6, 6.07) is 5.40. The van der Waals surface area contributed by atoms with Gasteiger partial charge in [-0.05, 0) is 56.7 Å². The number of nitrogens with one attached hydrogen (secondary N) is 2. The first kappa shape index (κ1) is 21.3. The van der Waals surface area contributed by atoms with Crippen molar-refractivity contribution in [2.45, 2.75) is 85.5 Å². The van der Waals surface area contributed by atoms with Gasteiger partial charge in [-0.25, -0.2) is 0 Å². The molecule has 0 aromatic heterocycles. The SMILES string of the molecule is CCCN[Si](CC)(NCCC)N(CC)[Si](CC)(CC)CC. The predicted molar refractivity (Wildman–Crippen MR) is 102 cm³/mol. The second-order valence-electron chi connectivity index (χ2n) is 6.10. The Bertz CT molecular complexity index is 242. The summed E-state index contributed by atoms with van der Waals surface area (Å²) < 4.78 is 2.99. The van der Waals surface area contributed by atoms with Gasteiger partial charge in [0, 0.05) is 0 Å². The Hall–Kier alpha value is 0.314. The lowest BCUT2D eigenvalue weighted by atomic mass is 10.5. The summed E-state index contributed by atoms with van der Waals surface area (Å²) >= 11 is 0. The molecule has 0 aliphatic heterocycles. The van der Waals surface area contributed by atoms with Gasteiger partial charge in [-0.15, -0.1) is 0 Å². The van der Waals surface area contributed by atoms with Crippen molar-refractivity contribution in [1.29, 1.82) is 0 Å². The van der Waals surface area contributed by atoms with Crippen molar-refractivity contribution >= 4 is 16.8 Å². The van der Waals surface area contributed by atoms with Crippen molar-refractivity contribution < 1.29 is 0 Å². The zero-order valence-electron chi connectivity index (χ0n) is 15.8. The lowest BCUT2D eigenvalue weighted by molar-refractivity contribution is 0.552. The van der Waals surface area contributed by atoms with Crippen molar-refractivity contribution in [3.8, 4) is 0 Å². The summed E-state index contributed by atoms with van der Waals surface area (Å²) in [5, 5.41) is 0. The Labute approximate surface area is 136 Å². The maximum Gasteiger partial charge on any atom is 0.277 e. The van der Waals surface area contributed by atoms with E-state index in [1.165, 1.54) is 43.6 Å². The molecule has 0 saturated carbocycles. The first-order chi connectivity index (χ1) is 10.1. The maximum absolute atomic E-state index is 4.02. The molecule has 0 aromatic rings. The van der Waals surface area contributed by atoms with Gasteiger partial charge in [0.1, 0.15) is 8.24 Å². The van der Waals surface area contributed by atoms with Gasteiger partial charge >= 0.3 is 0 Å². The van der Waals surface area contributed by atoms with Gasteiger partial charge in [-0.3, -0.25) is 0 Å². The Morgan fingerprint density at radius 2 is 1.10 bits per heavy atom. The molecular formula is C16H41N3Si2. The third-order valence-corrected chi connectivity index (χ3v) is 17.1. The monoisotopic (exact) mass is 331 g/mol. The van der Waals surface area contributed by atoms with E-state index in [4.69, 9.17) is 0 Å². The molecule has 0 heterocycles. The average molecular weight is 332 g/mol. The molecule has 0 saturated heterocycles. The molecule has 0 amide bonds. The highest BCUT2D eigenvalue weighted by Gasteiger charge is 2.47.